The van der Waals surface area contributed by atoms with E-state index in [1.807, 2.05) is 0 Å². The van der Waals surface area contributed by atoms with Gasteiger partial charge in [0.25, 0.3) is 0 Å². The van der Waals surface area contributed by atoms with Gasteiger partial charge in [-0.15, -0.1) is 0 Å². The zero-order valence-electron chi connectivity index (χ0n) is 11.3. The molecule has 104 valence electrons. The normalized spacial score (nSPS) is 20.0. The number of esters is 1. The molecule has 0 aliphatic carbocycles. The first-order valence-corrected chi connectivity index (χ1v) is 6.39. The summed E-state index contributed by atoms with van der Waals surface area (Å²) in [6.45, 7) is 2.06. The summed E-state index contributed by atoms with van der Waals surface area (Å²) in [6.07, 6.45) is 3.79. The van der Waals surface area contributed by atoms with Crippen molar-refractivity contribution < 1.29 is 9.53 Å². The van der Waals surface area contributed by atoms with E-state index in [4.69, 9.17) is 10.5 Å². The second-order valence-electron chi connectivity index (χ2n) is 4.86. The molecule has 0 amide bonds. The van der Waals surface area contributed by atoms with Gasteiger partial charge in [-0.25, -0.2) is 9.78 Å². The molecule has 0 bridgehead atoms. The number of anilines is 2. The second kappa shape index (κ2) is 5.88. The lowest BCUT2D eigenvalue weighted by atomic mass is 10.1. The molecule has 3 N–H and O–H groups in total. The Labute approximate surface area is 112 Å². The Morgan fingerprint density at radius 3 is 3.11 bits per heavy atom. The number of ether oxygens (including phenoxy) is 1. The number of likely N-dealkylation sites (N-methyl/N-ethyl adjacent to an activating group) is 1. The number of hydrogen-bond acceptors (Lipinski definition) is 6. The third kappa shape index (κ3) is 3.14. The van der Waals surface area contributed by atoms with Crippen LogP contribution in [0, 0.1) is 0 Å². The Kier molecular flexibility index (Phi) is 4.21. The van der Waals surface area contributed by atoms with Gasteiger partial charge in [-0.2, -0.15) is 0 Å². The molecule has 6 nitrogen and oxygen atoms in total. The van der Waals surface area contributed by atoms with Gasteiger partial charge in [-0.1, -0.05) is 0 Å². The number of carbonyl (C=O) groups excluding carboxylic acids is 1. The number of hydrogen-bond donors (Lipinski definition) is 2. The zero-order chi connectivity index (χ0) is 13.8. The number of likely N-dealkylation sites (tertiary alicyclic amines) is 1. The van der Waals surface area contributed by atoms with E-state index in [0.29, 0.717) is 23.1 Å². The lowest BCUT2D eigenvalue weighted by Gasteiger charge is -2.30. The Balaban J connectivity index is 2.14. The number of rotatable bonds is 3. The van der Waals surface area contributed by atoms with Crippen molar-refractivity contribution in [3.05, 3.63) is 17.8 Å². The van der Waals surface area contributed by atoms with Crippen molar-refractivity contribution in [2.24, 2.45) is 0 Å². The number of pyridine rings is 1. The summed E-state index contributed by atoms with van der Waals surface area (Å²) in [4.78, 5) is 18.0. The predicted octanol–water partition coefficient (Wildman–Crippen LogP) is 0.956. The van der Waals surface area contributed by atoms with Crippen molar-refractivity contribution in [2.75, 3.05) is 38.3 Å². The van der Waals surface area contributed by atoms with E-state index in [2.05, 4.69) is 22.2 Å². The van der Waals surface area contributed by atoms with Gasteiger partial charge in [0.15, 0.2) is 0 Å². The molecular formula is C13H20N4O2. The summed E-state index contributed by atoms with van der Waals surface area (Å²) in [7, 11) is 3.43. The minimum Gasteiger partial charge on any atom is -0.465 e. The van der Waals surface area contributed by atoms with Crippen LogP contribution in [0.3, 0.4) is 0 Å². The highest BCUT2D eigenvalue weighted by Gasteiger charge is 2.20. The first-order valence-electron chi connectivity index (χ1n) is 6.39. The van der Waals surface area contributed by atoms with Crippen molar-refractivity contribution >= 4 is 17.5 Å². The molecule has 1 atom stereocenters. The molecular weight excluding hydrogens is 244 g/mol. The monoisotopic (exact) mass is 264 g/mol. The topological polar surface area (TPSA) is 80.5 Å². The van der Waals surface area contributed by atoms with E-state index >= 15 is 0 Å². The molecule has 2 rings (SSSR count). The molecule has 1 unspecified atom stereocenters. The summed E-state index contributed by atoms with van der Waals surface area (Å²) in [6, 6.07) is 1.88. The molecule has 0 radical (unpaired) electrons. The Morgan fingerprint density at radius 2 is 2.42 bits per heavy atom. The fraction of sp³-hybridized carbons (Fsp3) is 0.538. The first kappa shape index (κ1) is 13.6. The van der Waals surface area contributed by atoms with Gasteiger partial charge < -0.3 is 20.7 Å². The van der Waals surface area contributed by atoms with Crippen LogP contribution in [0.4, 0.5) is 11.5 Å². The lowest BCUT2D eigenvalue weighted by molar-refractivity contribution is 0.0602. The molecule has 6 heteroatoms. The van der Waals surface area contributed by atoms with E-state index in [1.54, 1.807) is 12.3 Å². The minimum atomic E-state index is -0.441. The third-order valence-electron chi connectivity index (χ3n) is 3.36. The lowest BCUT2D eigenvalue weighted by Crippen LogP contribution is -2.40. The highest BCUT2D eigenvalue weighted by Crippen LogP contribution is 2.23. The molecule has 0 aromatic carbocycles. The summed E-state index contributed by atoms with van der Waals surface area (Å²) in [5.41, 5.74) is 6.67. The van der Waals surface area contributed by atoms with E-state index in [1.165, 1.54) is 7.11 Å². The number of carbonyl (C=O) groups is 1. The average Bonchev–Trinajstić information content (AvgIpc) is 2.40. The van der Waals surface area contributed by atoms with E-state index in [-0.39, 0.29) is 0 Å². The summed E-state index contributed by atoms with van der Waals surface area (Å²) in [5, 5.41) is 3.31. The summed E-state index contributed by atoms with van der Waals surface area (Å²) >= 11 is 0. The molecule has 0 spiro atoms. The van der Waals surface area contributed by atoms with Crippen molar-refractivity contribution in [2.45, 2.75) is 18.9 Å². The maximum atomic E-state index is 11.6. The molecule has 1 aromatic rings. The minimum absolute atomic E-state index is 0.307. The fourth-order valence-electron chi connectivity index (χ4n) is 2.35. The Bertz CT molecular complexity index is 464. The number of nitrogens with two attached hydrogens (primary N) is 1. The number of methoxy groups -OCH3 is 1. The maximum Gasteiger partial charge on any atom is 0.340 e. The van der Waals surface area contributed by atoms with Crippen LogP contribution in [0.5, 0.6) is 0 Å². The van der Waals surface area contributed by atoms with E-state index < -0.39 is 5.97 Å². The number of piperidine rings is 1. The Hall–Kier alpha value is -1.82. The average molecular weight is 264 g/mol. The van der Waals surface area contributed by atoms with Gasteiger partial charge in [-0.3, -0.25) is 0 Å². The van der Waals surface area contributed by atoms with Crippen LogP contribution in [0.15, 0.2) is 12.3 Å². The SMILES string of the molecule is COC(=O)c1ccnc(NC2CCCN(C)C2)c1N. The standard InChI is InChI=1S/C13H20N4O2/c1-17-7-3-4-9(8-17)16-12-11(14)10(5-6-15-12)13(18)19-2/h5-6,9H,3-4,7-8,14H2,1-2H3,(H,15,16). The highest BCUT2D eigenvalue weighted by molar-refractivity contribution is 5.97. The van der Waals surface area contributed by atoms with Crippen molar-refractivity contribution in [3.8, 4) is 0 Å². The number of nitrogens with one attached hydrogen (secondary N) is 1. The highest BCUT2D eigenvalue weighted by atomic mass is 16.5. The van der Waals surface area contributed by atoms with Gasteiger partial charge in [-0.05, 0) is 32.5 Å². The molecule has 0 saturated carbocycles. The van der Waals surface area contributed by atoms with Gasteiger partial charge >= 0.3 is 5.97 Å². The van der Waals surface area contributed by atoms with Crippen LogP contribution in [-0.4, -0.2) is 49.1 Å². The Morgan fingerprint density at radius 1 is 1.63 bits per heavy atom. The quantitative estimate of drug-likeness (QED) is 0.791. The number of aromatic nitrogens is 1. The van der Waals surface area contributed by atoms with Crippen LogP contribution < -0.4 is 11.1 Å². The van der Waals surface area contributed by atoms with E-state index in [0.717, 1.165) is 25.9 Å². The maximum absolute atomic E-state index is 11.6. The molecule has 1 fully saturated rings. The molecule has 1 saturated heterocycles. The predicted molar refractivity (Wildman–Crippen MR) is 74.1 cm³/mol. The summed E-state index contributed by atoms with van der Waals surface area (Å²) < 4.78 is 4.70. The van der Waals surface area contributed by atoms with Crippen LogP contribution in [-0.2, 0) is 4.74 Å². The van der Waals surface area contributed by atoms with Crippen molar-refractivity contribution in [1.82, 2.24) is 9.88 Å². The van der Waals surface area contributed by atoms with Gasteiger partial charge in [0.2, 0.25) is 0 Å². The van der Waals surface area contributed by atoms with Crippen LogP contribution >= 0.6 is 0 Å². The molecule has 1 aliphatic rings. The second-order valence-corrected chi connectivity index (χ2v) is 4.86. The van der Waals surface area contributed by atoms with E-state index in [9.17, 15) is 4.79 Å². The fourth-order valence-corrected chi connectivity index (χ4v) is 2.35. The number of nitrogens with zero attached hydrogens (tertiary/aromatic N) is 2. The summed E-state index contributed by atoms with van der Waals surface area (Å²) in [5.74, 6) is 0.118. The number of nitrogen functional groups attached to an aromatic ring is 1. The van der Waals surface area contributed by atoms with Crippen molar-refractivity contribution in [1.29, 1.82) is 0 Å². The van der Waals surface area contributed by atoms with Crippen LogP contribution in [0.2, 0.25) is 0 Å². The van der Waals surface area contributed by atoms with Gasteiger partial charge in [0.1, 0.15) is 5.82 Å². The molecule has 2 heterocycles. The van der Waals surface area contributed by atoms with Gasteiger partial charge in [0.05, 0.1) is 18.4 Å². The van der Waals surface area contributed by atoms with Crippen LogP contribution in [0.1, 0.15) is 23.2 Å². The molecule has 19 heavy (non-hydrogen) atoms. The zero-order valence-corrected chi connectivity index (χ0v) is 11.3. The van der Waals surface area contributed by atoms with Gasteiger partial charge in [0, 0.05) is 18.8 Å². The third-order valence-corrected chi connectivity index (χ3v) is 3.36. The largest absolute Gasteiger partial charge is 0.465 e. The molecule has 1 aromatic heterocycles. The molecule has 1 aliphatic heterocycles. The van der Waals surface area contributed by atoms with Crippen molar-refractivity contribution in [3.63, 3.8) is 0 Å². The smallest absolute Gasteiger partial charge is 0.340 e. The van der Waals surface area contributed by atoms with Crippen LogP contribution in [0.25, 0.3) is 0 Å². The first-order chi connectivity index (χ1) is 9.11.